The Morgan fingerprint density at radius 2 is 2.00 bits per heavy atom. The molecular weight excluding hydrogens is 332 g/mol. The van der Waals surface area contributed by atoms with E-state index in [1.165, 1.54) is 23.1 Å². The van der Waals surface area contributed by atoms with E-state index in [9.17, 15) is 4.79 Å². The first-order valence-corrected chi connectivity index (χ1v) is 8.40. The van der Waals surface area contributed by atoms with Crippen molar-refractivity contribution >= 4 is 57.1 Å². The lowest BCUT2D eigenvalue weighted by molar-refractivity contribution is 0.0801. The summed E-state index contributed by atoms with van der Waals surface area (Å²) in [4.78, 5) is 13.2. The number of hydrogen-bond donors (Lipinski definition) is 0. The second-order valence-electron chi connectivity index (χ2n) is 4.22. The second-order valence-corrected chi connectivity index (χ2v) is 7.35. The van der Waals surface area contributed by atoms with Gasteiger partial charge in [-0.25, -0.2) is 0 Å². The van der Waals surface area contributed by atoms with Crippen molar-refractivity contribution in [3.8, 4) is 0 Å². The number of ether oxygens (including phenoxy) is 1. The van der Waals surface area contributed by atoms with Crippen LogP contribution in [0.4, 0.5) is 0 Å². The van der Waals surface area contributed by atoms with Crippen molar-refractivity contribution in [1.29, 1.82) is 0 Å². The van der Waals surface area contributed by atoms with Crippen LogP contribution < -0.4 is 0 Å². The Morgan fingerprint density at radius 1 is 1.25 bits per heavy atom. The number of rotatable bonds is 3. The van der Waals surface area contributed by atoms with E-state index < -0.39 is 6.10 Å². The lowest BCUT2D eigenvalue weighted by atomic mass is 10.0. The largest absolute Gasteiger partial charge is 0.465 e. The van der Waals surface area contributed by atoms with Crippen LogP contribution in [0.2, 0.25) is 5.02 Å². The maximum absolute atomic E-state index is 12.5. The Morgan fingerprint density at radius 3 is 2.65 bits per heavy atom. The van der Waals surface area contributed by atoms with Crippen LogP contribution in [-0.4, -0.2) is 16.3 Å². The average Bonchev–Trinajstić information content (AvgIpc) is 3.08. The third-order valence-electron chi connectivity index (χ3n) is 2.94. The minimum Gasteiger partial charge on any atom is -0.465 e. The molecule has 20 heavy (non-hydrogen) atoms. The Bertz CT molecular complexity index is 637. The number of Topliss-reactive ketones (excluding diaryl/α,β-unsaturated/α-hetero) is 1. The summed E-state index contributed by atoms with van der Waals surface area (Å²) >= 11 is 13.8. The summed E-state index contributed by atoms with van der Waals surface area (Å²) in [6.07, 6.45) is -0.563. The van der Waals surface area contributed by atoms with Gasteiger partial charge in [-0.1, -0.05) is 41.6 Å². The zero-order chi connectivity index (χ0) is 14.1. The number of hydrogen-bond acceptors (Lipinski definition) is 5. The molecule has 1 aliphatic rings. The predicted molar refractivity (Wildman–Crippen MR) is 87.9 cm³/mol. The van der Waals surface area contributed by atoms with E-state index >= 15 is 0 Å². The van der Waals surface area contributed by atoms with E-state index in [1.807, 2.05) is 35.7 Å². The van der Waals surface area contributed by atoms with Crippen molar-refractivity contribution < 1.29 is 9.53 Å². The fourth-order valence-electron chi connectivity index (χ4n) is 2.00. The summed E-state index contributed by atoms with van der Waals surface area (Å²) in [6.45, 7) is 0. The minimum atomic E-state index is -0.563. The zero-order valence-electron chi connectivity index (χ0n) is 10.1. The second kappa shape index (κ2) is 5.85. The van der Waals surface area contributed by atoms with E-state index in [2.05, 4.69) is 0 Å². The lowest BCUT2D eigenvalue weighted by Crippen LogP contribution is -2.24. The molecule has 2 aromatic rings. The number of thiophene rings is 1. The van der Waals surface area contributed by atoms with Gasteiger partial charge < -0.3 is 4.74 Å². The summed E-state index contributed by atoms with van der Waals surface area (Å²) < 4.78 is 5.98. The molecule has 2 unspecified atom stereocenters. The van der Waals surface area contributed by atoms with Crippen LogP contribution in [-0.2, 0) is 4.74 Å². The van der Waals surface area contributed by atoms with Crippen LogP contribution >= 0.6 is 46.9 Å². The van der Waals surface area contributed by atoms with Gasteiger partial charge in [-0.15, -0.1) is 11.3 Å². The zero-order valence-corrected chi connectivity index (χ0v) is 13.3. The van der Waals surface area contributed by atoms with Crippen molar-refractivity contribution in [3.05, 3.63) is 57.2 Å². The molecule has 1 aromatic carbocycles. The van der Waals surface area contributed by atoms with E-state index in [0.717, 1.165) is 5.56 Å². The van der Waals surface area contributed by atoms with Crippen molar-refractivity contribution in [2.75, 3.05) is 0 Å². The van der Waals surface area contributed by atoms with Crippen LogP contribution in [0.3, 0.4) is 0 Å². The number of ketones is 1. The summed E-state index contributed by atoms with van der Waals surface area (Å²) in [6, 6.07) is 11.1. The molecule has 2 atom stereocenters. The molecule has 0 spiro atoms. The van der Waals surface area contributed by atoms with Gasteiger partial charge in [0, 0.05) is 5.02 Å². The molecule has 0 amide bonds. The monoisotopic (exact) mass is 340 g/mol. The highest BCUT2D eigenvalue weighted by Crippen LogP contribution is 2.43. The molecule has 1 saturated heterocycles. The van der Waals surface area contributed by atoms with Crippen LogP contribution in [0.5, 0.6) is 0 Å². The third-order valence-corrected chi connectivity index (χ3v) is 5.53. The maximum Gasteiger partial charge on any atom is 0.221 e. The molecule has 2 nitrogen and oxygen atoms in total. The number of carbonyl (C=O) groups excluding carboxylic acids is 1. The van der Waals surface area contributed by atoms with Gasteiger partial charge in [-0.2, -0.15) is 0 Å². The fraction of sp³-hybridized carbons (Fsp3) is 0.143. The highest BCUT2D eigenvalue weighted by molar-refractivity contribution is 8.23. The summed E-state index contributed by atoms with van der Waals surface area (Å²) in [5.41, 5.74) is 0.995. The van der Waals surface area contributed by atoms with Gasteiger partial charge in [0.25, 0.3) is 0 Å². The molecule has 1 fully saturated rings. The van der Waals surface area contributed by atoms with Gasteiger partial charge in [0.15, 0.2) is 6.10 Å². The predicted octanol–water partition coefficient (Wildman–Crippen LogP) is 4.74. The van der Waals surface area contributed by atoms with Crippen LogP contribution in [0.1, 0.15) is 20.5 Å². The van der Waals surface area contributed by atoms with Gasteiger partial charge in [0.2, 0.25) is 10.2 Å². The molecule has 3 rings (SSSR count). The van der Waals surface area contributed by atoms with Crippen LogP contribution in [0, 0.1) is 0 Å². The first-order valence-electron chi connectivity index (χ1n) is 5.85. The summed E-state index contributed by atoms with van der Waals surface area (Å²) in [7, 11) is 0. The summed E-state index contributed by atoms with van der Waals surface area (Å²) in [5.74, 6) is -0.0210. The van der Waals surface area contributed by atoms with Gasteiger partial charge in [-0.3, -0.25) is 4.79 Å². The smallest absolute Gasteiger partial charge is 0.221 e. The topological polar surface area (TPSA) is 26.3 Å². The number of thiocarbonyl (C=S) groups is 1. The van der Waals surface area contributed by atoms with Crippen molar-refractivity contribution in [1.82, 2.24) is 0 Å². The number of carbonyl (C=O) groups is 1. The van der Waals surface area contributed by atoms with Crippen molar-refractivity contribution in [3.63, 3.8) is 0 Å². The van der Waals surface area contributed by atoms with Crippen molar-refractivity contribution in [2.24, 2.45) is 0 Å². The first-order chi connectivity index (χ1) is 9.65. The van der Waals surface area contributed by atoms with E-state index in [1.54, 1.807) is 6.07 Å². The maximum atomic E-state index is 12.5. The molecule has 102 valence electrons. The Balaban J connectivity index is 1.91. The summed E-state index contributed by atoms with van der Waals surface area (Å²) in [5, 5.41) is 2.43. The van der Waals surface area contributed by atoms with E-state index in [-0.39, 0.29) is 11.0 Å². The molecule has 1 aromatic heterocycles. The molecular formula is C14H9ClO2S3. The van der Waals surface area contributed by atoms with Gasteiger partial charge in [-0.05, 0) is 41.4 Å². The first kappa shape index (κ1) is 14.1. The van der Waals surface area contributed by atoms with E-state index in [4.69, 9.17) is 28.6 Å². The van der Waals surface area contributed by atoms with E-state index in [0.29, 0.717) is 14.3 Å². The standard InChI is InChI=1S/C14H9ClO2S3/c15-9-5-3-8(4-6-9)13-12(17-14(18)20-13)11(16)10-2-1-7-19-10/h1-7,12-13H. The van der Waals surface area contributed by atoms with Gasteiger partial charge in [0.05, 0.1) is 10.1 Å². The molecule has 0 aliphatic carbocycles. The normalized spacial score (nSPS) is 21.8. The molecule has 6 heteroatoms. The molecule has 1 aliphatic heterocycles. The highest BCUT2D eigenvalue weighted by atomic mass is 35.5. The van der Waals surface area contributed by atoms with Crippen LogP contribution in [0.25, 0.3) is 0 Å². The SMILES string of the molecule is O=C(c1cccs1)C1OC(=S)SC1c1ccc(Cl)cc1. The highest BCUT2D eigenvalue weighted by Gasteiger charge is 2.40. The Labute approximate surface area is 135 Å². The minimum absolute atomic E-state index is 0.0210. The molecule has 0 N–H and O–H groups in total. The Hall–Kier alpha value is -0.880. The molecule has 0 saturated carbocycles. The fourth-order valence-corrected chi connectivity index (χ4v) is 4.20. The lowest BCUT2D eigenvalue weighted by Gasteiger charge is -2.15. The Kier molecular flexibility index (Phi) is 4.12. The average molecular weight is 341 g/mol. The molecule has 0 radical (unpaired) electrons. The third kappa shape index (κ3) is 2.76. The van der Waals surface area contributed by atoms with Crippen LogP contribution in [0.15, 0.2) is 41.8 Å². The van der Waals surface area contributed by atoms with Crippen molar-refractivity contribution in [2.45, 2.75) is 11.4 Å². The number of thioether (sulfide) groups is 1. The molecule has 0 bridgehead atoms. The van der Waals surface area contributed by atoms with Gasteiger partial charge >= 0.3 is 0 Å². The number of halogens is 1. The molecule has 2 heterocycles. The van der Waals surface area contributed by atoms with Gasteiger partial charge in [0.1, 0.15) is 0 Å². The number of benzene rings is 1. The quantitative estimate of drug-likeness (QED) is 0.595.